The summed E-state index contributed by atoms with van der Waals surface area (Å²) >= 11 is 0. The Hall–Kier alpha value is -0.830. The van der Waals surface area contributed by atoms with Crippen molar-refractivity contribution in [3.05, 3.63) is 6.17 Å². The molecule has 0 atom stereocenters. The maximum atomic E-state index is 4.88. The average molecular weight is 139 g/mol. The van der Waals surface area contributed by atoms with Crippen LogP contribution >= 0.6 is 0 Å². The molecule has 3 heteroatoms. The van der Waals surface area contributed by atoms with Crippen molar-refractivity contribution in [2.75, 3.05) is 13.7 Å². The van der Waals surface area contributed by atoms with Gasteiger partial charge in [-0.15, -0.1) is 0 Å². The van der Waals surface area contributed by atoms with E-state index < -0.39 is 0 Å². The lowest BCUT2D eigenvalue weighted by Crippen LogP contribution is -1.92. The van der Waals surface area contributed by atoms with Crippen LogP contribution in [0.1, 0.15) is 12.8 Å². The van der Waals surface area contributed by atoms with Crippen LogP contribution in [-0.2, 0) is 4.74 Å². The molecule has 0 amide bonds. The van der Waals surface area contributed by atoms with Crippen LogP contribution in [-0.4, -0.2) is 26.1 Å². The summed E-state index contributed by atoms with van der Waals surface area (Å²) in [4.78, 5) is 8.04. The fourth-order valence-electron chi connectivity index (χ4n) is 0.776. The molecule has 1 aliphatic rings. The second-order valence-electron chi connectivity index (χ2n) is 2.07. The lowest BCUT2D eigenvalue weighted by molar-refractivity contribution is 0.193. The molecule has 1 rings (SSSR count). The Morgan fingerprint density at radius 3 is 2.70 bits per heavy atom. The van der Waals surface area contributed by atoms with Crippen LogP contribution in [0.3, 0.4) is 0 Å². The maximum Gasteiger partial charge on any atom is 0.240 e. The minimum atomic E-state index is 0.786. The molecule has 1 aliphatic heterocycles. The molecule has 0 N–H and O–H groups in total. The third kappa shape index (κ3) is 2.19. The van der Waals surface area contributed by atoms with E-state index in [1.54, 1.807) is 19.5 Å². The molecule has 10 heavy (non-hydrogen) atoms. The first-order valence-electron chi connectivity index (χ1n) is 3.35. The Morgan fingerprint density at radius 2 is 2.10 bits per heavy atom. The van der Waals surface area contributed by atoms with Crippen molar-refractivity contribution < 1.29 is 4.74 Å². The zero-order chi connectivity index (χ0) is 7.23. The third-order valence-electron chi connectivity index (χ3n) is 1.26. The van der Waals surface area contributed by atoms with Crippen molar-refractivity contribution in [3.8, 4) is 0 Å². The van der Waals surface area contributed by atoms with Gasteiger partial charge in [0.2, 0.25) is 6.17 Å². The number of nitrogens with zero attached hydrogens (tertiary/aromatic N) is 2. The summed E-state index contributed by atoms with van der Waals surface area (Å²) in [6.45, 7) is 0.786. The Morgan fingerprint density at radius 1 is 1.40 bits per heavy atom. The Labute approximate surface area is 60.8 Å². The van der Waals surface area contributed by atoms with Gasteiger partial charge in [0.15, 0.2) is 12.4 Å². The fourth-order valence-corrected chi connectivity index (χ4v) is 0.776. The largest absolute Gasteiger partial charge is 0.385 e. The molecule has 3 nitrogen and oxygen atoms in total. The standard InChI is InChI=1S/C7H11N2O/c1-10-6-2-3-7-8-4-5-9-7/h4-5H,2-3,6H2,1H3/q+1. The predicted molar refractivity (Wildman–Crippen MR) is 41.3 cm³/mol. The molecule has 0 bridgehead atoms. The number of rotatable bonds is 4. The average Bonchev–Trinajstić information content (AvgIpc) is 2.41. The Bertz CT molecular complexity index is 131. The van der Waals surface area contributed by atoms with Crippen LogP contribution in [0.2, 0.25) is 0 Å². The SMILES string of the molecule is COCCC[C+]1N=CC=N1. The van der Waals surface area contributed by atoms with Crippen molar-refractivity contribution in [2.24, 2.45) is 9.98 Å². The zero-order valence-corrected chi connectivity index (χ0v) is 6.08. The van der Waals surface area contributed by atoms with E-state index in [2.05, 4.69) is 9.98 Å². The highest BCUT2D eigenvalue weighted by Crippen LogP contribution is 2.13. The number of methoxy groups -OCH3 is 1. The monoisotopic (exact) mass is 139 g/mol. The molecule has 0 radical (unpaired) electrons. The zero-order valence-electron chi connectivity index (χ0n) is 6.08. The Kier molecular flexibility index (Phi) is 2.96. The molecule has 0 aromatic carbocycles. The summed E-state index contributed by atoms with van der Waals surface area (Å²) in [7, 11) is 1.70. The van der Waals surface area contributed by atoms with Crippen LogP contribution in [0.15, 0.2) is 9.98 Å². The van der Waals surface area contributed by atoms with Crippen molar-refractivity contribution in [1.82, 2.24) is 0 Å². The second-order valence-corrected chi connectivity index (χ2v) is 2.07. The summed E-state index contributed by atoms with van der Waals surface area (Å²) in [6.07, 6.45) is 6.25. The predicted octanol–water partition coefficient (Wildman–Crippen LogP) is 1.06. The molecule has 0 unspecified atom stereocenters. The van der Waals surface area contributed by atoms with E-state index in [0.717, 1.165) is 25.6 Å². The van der Waals surface area contributed by atoms with E-state index in [1.807, 2.05) is 0 Å². The molecular weight excluding hydrogens is 128 g/mol. The van der Waals surface area contributed by atoms with Crippen LogP contribution < -0.4 is 0 Å². The first-order chi connectivity index (χ1) is 4.93. The molecule has 0 saturated carbocycles. The minimum absolute atomic E-state index is 0.786. The lowest BCUT2D eigenvalue weighted by atomic mass is 10.3. The number of ether oxygens (including phenoxy) is 1. The van der Waals surface area contributed by atoms with Crippen molar-refractivity contribution >= 4 is 12.4 Å². The van der Waals surface area contributed by atoms with Gasteiger partial charge in [0.25, 0.3) is 0 Å². The molecule has 0 fully saturated rings. The molecule has 0 aromatic heterocycles. The quantitative estimate of drug-likeness (QED) is 0.423. The molecule has 0 spiro atoms. The molecule has 54 valence electrons. The highest BCUT2D eigenvalue weighted by Gasteiger charge is 2.13. The summed E-state index contributed by atoms with van der Waals surface area (Å²) in [5.74, 6) is 0. The van der Waals surface area contributed by atoms with E-state index >= 15 is 0 Å². The van der Waals surface area contributed by atoms with Gasteiger partial charge in [0.05, 0.1) is 6.42 Å². The van der Waals surface area contributed by atoms with E-state index in [-0.39, 0.29) is 0 Å². The molecular formula is C7H11N2O+. The van der Waals surface area contributed by atoms with Gasteiger partial charge in [-0.05, 0) is 6.42 Å². The van der Waals surface area contributed by atoms with Crippen LogP contribution in [0, 0.1) is 6.17 Å². The van der Waals surface area contributed by atoms with Gasteiger partial charge >= 0.3 is 0 Å². The molecule has 1 heterocycles. The van der Waals surface area contributed by atoms with Crippen molar-refractivity contribution in [1.29, 1.82) is 0 Å². The normalized spacial score (nSPS) is 15.1. The minimum Gasteiger partial charge on any atom is -0.385 e. The first kappa shape index (κ1) is 7.28. The maximum absolute atomic E-state index is 4.88. The summed E-state index contributed by atoms with van der Waals surface area (Å²) in [6, 6.07) is 0. The fraction of sp³-hybridized carbons (Fsp3) is 0.571. The Balaban J connectivity index is 2.03. The van der Waals surface area contributed by atoms with Gasteiger partial charge in [0, 0.05) is 13.7 Å². The van der Waals surface area contributed by atoms with Gasteiger partial charge in [-0.25, -0.2) is 0 Å². The topological polar surface area (TPSA) is 34.0 Å². The third-order valence-corrected chi connectivity index (χ3v) is 1.26. The molecule has 0 aromatic rings. The smallest absolute Gasteiger partial charge is 0.240 e. The van der Waals surface area contributed by atoms with E-state index in [4.69, 9.17) is 4.74 Å². The first-order valence-corrected chi connectivity index (χ1v) is 3.35. The highest BCUT2D eigenvalue weighted by molar-refractivity contribution is 6.18. The van der Waals surface area contributed by atoms with E-state index in [0.29, 0.717) is 0 Å². The van der Waals surface area contributed by atoms with Crippen LogP contribution in [0.25, 0.3) is 0 Å². The second kappa shape index (κ2) is 4.06. The highest BCUT2D eigenvalue weighted by atomic mass is 16.5. The number of hydrogen-bond donors (Lipinski definition) is 0. The van der Waals surface area contributed by atoms with Crippen LogP contribution in [0.5, 0.6) is 0 Å². The van der Waals surface area contributed by atoms with Crippen molar-refractivity contribution in [3.63, 3.8) is 0 Å². The summed E-state index contributed by atoms with van der Waals surface area (Å²) < 4.78 is 4.88. The van der Waals surface area contributed by atoms with E-state index in [1.165, 1.54) is 0 Å². The van der Waals surface area contributed by atoms with E-state index in [9.17, 15) is 0 Å². The summed E-state index contributed by atoms with van der Waals surface area (Å²) in [5.41, 5.74) is 0. The van der Waals surface area contributed by atoms with Gasteiger partial charge in [0.1, 0.15) is 0 Å². The van der Waals surface area contributed by atoms with Gasteiger partial charge < -0.3 is 4.74 Å². The van der Waals surface area contributed by atoms with Gasteiger partial charge in [-0.1, -0.05) is 9.98 Å². The molecule has 0 saturated heterocycles. The van der Waals surface area contributed by atoms with Gasteiger partial charge in [-0.3, -0.25) is 0 Å². The lowest BCUT2D eigenvalue weighted by Gasteiger charge is -1.95. The van der Waals surface area contributed by atoms with Crippen molar-refractivity contribution in [2.45, 2.75) is 12.8 Å². The number of hydrogen-bond acceptors (Lipinski definition) is 3. The van der Waals surface area contributed by atoms with Crippen LogP contribution in [0.4, 0.5) is 0 Å². The molecule has 0 aliphatic carbocycles. The van der Waals surface area contributed by atoms with Gasteiger partial charge in [-0.2, -0.15) is 0 Å². The summed E-state index contributed by atoms with van der Waals surface area (Å²) in [5, 5.41) is 0. The number of aliphatic imine (C=N–C) groups is 2.